The van der Waals surface area contributed by atoms with Gasteiger partial charge >= 0.3 is 0 Å². The highest BCUT2D eigenvalue weighted by Gasteiger charge is 2.26. The number of hydrogen-bond donors (Lipinski definition) is 3. The summed E-state index contributed by atoms with van der Waals surface area (Å²) in [5.41, 5.74) is 3.78. The van der Waals surface area contributed by atoms with Crippen LogP contribution in [0, 0.1) is 6.92 Å². The standard InChI is InChI=1S/C22H33N5O.HI/c1-4-18(27-13-5-6-21(27)28)10-12-25-22(23-3)24-11-9-17-15-26-20-14-16(2)7-8-19(17)20;/h7-8,14-15,18,26H,4-6,9-13H2,1-3H3,(H2,23,24,25);1H. The summed E-state index contributed by atoms with van der Waals surface area (Å²) in [5.74, 6) is 1.13. The summed E-state index contributed by atoms with van der Waals surface area (Å²) < 4.78 is 0. The zero-order valence-corrected chi connectivity index (χ0v) is 20.1. The van der Waals surface area contributed by atoms with E-state index >= 15 is 0 Å². The number of carbonyl (C=O) groups is 1. The molecule has 0 aliphatic carbocycles. The van der Waals surface area contributed by atoms with Crippen LogP contribution in [0.2, 0.25) is 0 Å². The van der Waals surface area contributed by atoms with Gasteiger partial charge in [0.05, 0.1) is 0 Å². The Morgan fingerprint density at radius 3 is 2.79 bits per heavy atom. The number of H-pyrrole nitrogens is 1. The molecule has 2 aromatic rings. The van der Waals surface area contributed by atoms with Crippen LogP contribution in [0.15, 0.2) is 29.4 Å². The second-order valence-electron chi connectivity index (χ2n) is 7.58. The molecule has 1 aromatic heterocycles. The summed E-state index contributed by atoms with van der Waals surface area (Å²) in [7, 11) is 1.80. The fourth-order valence-electron chi connectivity index (χ4n) is 4.04. The molecule has 1 amide bonds. The Kier molecular flexibility index (Phi) is 9.26. The fraction of sp³-hybridized carbons (Fsp3) is 0.545. The van der Waals surface area contributed by atoms with E-state index < -0.39 is 0 Å². The normalized spacial score (nSPS) is 15.5. The van der Waals surface area contributed by atoms with E-state index in [2.05, 4.69) is 63.8 Å². The molecule has 1 saturated heterocycles. The third-order valence-corrected chi connectivity index (χ3v) is 5.63. The van der Waals surface area contributed by atoms with Crippen molar-refractivity contribution in [1.82, 2.24) is 20.5 Å². The van der Waals surface area contributed by atoms with Crippen LogP contribution in [0.3, 0.4) is 0 Å². The molecule has 0 saturated carbocycles. The summed E-state index contributed by atoms with van der Waals surface area (Å²) in [4.78, 5) is 21.7. The van der Waals surface area contributed by atoms with Crippen molar-refractivity contribution in [3.63, 3.8) is 0 Å². The molecule has 1 aliphatic rings. The first-order valence-electron chi connectivity index (χ1n) is 10.4. The highest BCUT2D eigenvalue weighted by molar-refractivity contribution is 14.0. The molecule has 7 heteroatoms. The van der Waals surface area contributed by atoms with Gasteiger partial charge in [-0.25, -0.2) is 0 Å². The van der Waals surface area contributed by atoms with Gasteiger partial charge in [-0.2, -0.15) is 0 Å². The van der Waals surface area contributed by atoms with Gasteiger partial charge in [-0.15, -0.1) is 24.0 Å². The van der Waals surface area contributed by atoms with Crippen LogP contribution in [0.5, 0.6) is 0 Å². The Balaban J connectivity index is 0.00000300. The first-order valence-corrected chi connectivity index (χ1v) is 10.4. The average Bonchev–Trinajstić information content (AvgIpc) is 3.29. The Bertz CT molecular complexity index is 832. The molecular formula is C22H34IN5O. The van der Waals surface area contributed by atoms with E-state index in [-0.39, 0.29) is 24.0 Å². The quantitative estimate of drug-likeness (QED) is 0.288. The first kappa shape index (κ1) is 23.5. The molecule has 1 fully saturated rings. The molecule has 1 unspecified atom stereocenters. The van der Waals surface area contributed by atoms with Crippen LogP contribution in [0.25, 0.3) is 10.9 Å². The van der Waals surface area contributed by atoms with Crippen LogP contribution in [0.4, 0.5) is 0 Å². The maximum Gasteiger partial charge on any atom is 0.222 e. The smallest absolute Gasteiger partial charge is 0.222 e. The lowest BCUT2D eigenvalue weighted by atomic mass is 10.1. The van der Waals surface area contributed by atoms with Crippen LogP contribution in [0.1, 0.15) is 43.7 Å². The minimum absolute atomic E-state index is 0. The van der Waals surface area contributed by atoms with Gasteiger partial charge in [-0.1, -0.05) is 19.1 Å². The van der Waals surface area contributed by atoms with Gasteiger partial charge in [-0.05, 0) is 49.8 Å². The van der Waals surface area contributed by atoms with E-state index in [1.165, 1.54) is 22.0 Å². The van der Waals surface area contributed by atoms with E-state index in [4.69, 9.17) is 0 Å². The Morgan fingerprint density at radius 1 is 1.31 bits per heavy atom. The number of likely N-dealkylation sites (tertiary alicyclic amines) is 1. The molecule has 160 valence electrons. The molecule has 3 N–H and O–H groups in total. The zero-order chi connectivity index (χ0) is 19.9. The summed E-state index contributed by atoms with van der Waals surface area (Å²) in [6.07, 6.45) is 6.69. The molecular weight excluding hydrogens is 477 g/mol. The van der Waals surface area contributed by atoms with Crippen molar-refractivity contribution in [2.75, 3.05) is 26.7 Å². The molecule has 1 atom stereocenters. The average molecular weight is 511 g/mol. The number of aromatic nitrogens is 1. The van der Waals surface area contributed by atoms with Gasteiger partial charge in [0.2, 0.25) is 5.91 Å². The lowest BCUT2D eigenvalue weighted by molar-refractivity contribution is -0.129. The van der Waals surface area contributed by atoms with Crippen molar-refractivity contribution >= 4 is 46.7 Å². The molecule has 2 heterocycles. The summed E-state index contributed by atoms with van der Waals surface area (Å²) in [6.45, 7) is 6.82. The van der Waals surface area contributed by atoms with Crippen molar-refractivity contribution in [3.05, 3.63) is 35.5 Å². The third kappa shape index (κ3) is 6.10. The van der Waals surface area contributed by atoms with Crippen LogP contribution >= 0.6 is 24.0 Å². The number of aromatic amines is 1. The van der Waals surface area contributed by atoms with E-state index in [0.29, 0.717) is 18.4 Å². The lowest BCUT2D eigenvalue weighted by Gasteiger charge is -2.27. The molecule has 0 radical (unpaired) electrons. The van der Waals surface area contributed by atoms with Gasteiger partial charge in [0.25, 0.3) is 0 Å². The van der Waals surface area contributed by atoms with Gasteiger partial charge in [-0.3, -0.25) is 9.79 Å². The topological polar surface area (TPSA) is 72.5 Å². The second kappa shape index (κ2) is 11.4. The van der Waals surface area contributed by atoms with E-state index in [1.807, 2.05) is 0 Å². The lowest BCUT2D eigenvalue weighted by Crippen LogP contribution is -2.42. The summed E-state index contributed by atoms with van der Waals surface area (Å²) >= 11 is 0. The van der Waals surface area contributed by atoms with Crippen molar-refractivity contribution < 1.29 is 4.79 Å². The number of fused-ring (bicyclic) bond motifs is 1. The summed E-state index contributed by atoms with van der Waals surface area (Å²) in [6, 6.07) is 6.86. The molecule has 1 aliphatic heterocycles. The highest BCUT2D eigenvalue weighted by atomic mass is 127. The van der Waals surface area contributed by atoms with Gasteiger partial charge in [0.15, 0.2) is 5.96 Å². The third-order valence-electron chi connectivity index (χ3n) is 5.63. The molecule has 29 heavy (non-hydrogen) atoms. The largest absolute Gasteiger partial charge is 0.361 e. The second-order valence-corrected chi connectivity index (χ2v) is 7.58. The number of nitrogens with zero attached hydrogens (tertiary/aromatic N) is 2. The minimum atomic E-state index is 0. The first-order chi connectivity index (χ1) is 13.6. The monoisotopic (exact) mass is 511 g/mol. The Morgan fingerprint density at radius 2 is 2.10 bits per heavy atom. The highest BCUT2D eigenvalue weighted by Crippen LogP contribution is 2.20. The maximum atomic E-state index is 12.0. The Labute approximate surface area is 190 Å². The number of nitrogens with one attached hydrogen (secondary N) is 3. The van der Waals surface area contributed by atoms with E-state index in [9.17, 15) is 4.79 Å². The Hall–Kier alpha value is -1.77. The maximum absolute atomic E-state index is 12.0. The number of benzene rings is 1. The van der Waals surface area contributed by atoms with Crippen LogP contribution < -0.4 is 10.6 Å². The number of aryl methyl sites for hydroxylation is 1. The fourth-order valence-corrected chi connectivity index (χ4v) is 4.04. The minimum Gasteiger partial charge on any atom is -0.361 e. The number of amides is 1. The number of halogens is 1. The predicted molar refractivity (Wildman–Crippen MR) is 131 cm³/mol. The number of aliphatic imine (C=N–C) groups is 1. The van der Waals surface area contributed by atoms with Gasteiger partial charge < -0.3 is 20.5 Å². The molecule has 0 bridgehead atoms. The zero-order valence-electron chi connectivity index (χ0n) is 17.8. The van der Waals surface area contributed by atoms with Crippen molar-refractivity contribution in [2.45, 2.75) is 52.0 Å². The van der Waals surface area contributed by atoms with E-state index in [1.54, 1.807) is 7.05 Å². The molecule has 0 spiro atoms. The van der Waals surface area contributed by atoms with Crippen molar-refractivity contribution in [3.8, 4) is 0 Å². The predicted octanol–water partition coefficient (Wildman–Crippen LogP) is 3.59. The van der Waals surface area contributed by atoms with Crippen LogP contribution in [-0.4, -0.2) is 54.5 Å². The number of hydrogen-bond acceptors (Lipinski definition) is 2. The molecule has 1 aromatic carbocycles. The summed E-state index contributed by atoms with van der Waals surface area (Å²) in [5, 5.41) is 8.08. The van der Waals surface area contributed by atoms with Gasteiger partial charge in [0.1, 0.15) is 0 Å². The van der Waals surface area contributed by atoms with Crippen molar-refractivity contribution in [2.24, 2.45) is 4.99 Å². The number of rotatable bonds is 8. The van der Waals surface area contributed by atoms with E-state index in [0.717, 1.165) is 51.3 Å². The van der Waals surface area contributed by atoms with Crippen LogP contribution in [-0.2, 0) is 11.2 Å². The molecule has 3 rings (SSSR count). The number of guanidine groups is 1. The van der Waals surface area contributed by atoms with Crippen molar-refractivity contribution in [1.29, 1.82) is 0 Å². The number of carbonyl (C=O) groups excluding carboxylic acids is 1. The molecule has 6 nitrogen and oxygen atoms in total. The van der Waals surface area contributed by atoms with Gasteiger partial charge in [0, 0.05) is 56.2 Å². The SMILES string of the molecule is CCC(CCNC(=NC)NCCc1c[nH]c2cc(C)ccc12)N1CCCC1=O.I.